The van der Waals surface area contributed by atoms with E-state index in [1.165, 1.54) is 15.8 Å². The second-order valence-electron chi connectivity index (χ2n) is 4.61. The van der Waals surface area contributed by atoms with Crippen LogP contribution in [0.5, 0.6) is 0 Å². The minimum absolute atomic E-state index is 0.824. The first-order chi connectivity index (χ1) is 9.76. The van der Waals surface area contributed by atoms with Crippen molar-refractivity contribution in [1.29, 1.82) is 0 Å². The lowest BCUT2D eigenvalue weighted by Gasteiger charge is -2.07. The quantitative estimate of drug-likeness (QED) is 0.699. The third-order valence-electron chi connectivity index (χ3n) is 3.28. The number of nitrogens with one attached hydrogen (secondary N) is 1. The average molecular weight is 347 g/mol. The first-order valence-corrected chi connectivity index (χ1v) is 8.24. The molecule has 0 radical (unpaired) electrons. The number of nitrogens with zero attached hydrogens (tertiary/aromatic N) is 1. The number of hydrogen-bond acceptors (Lipinski definition) is 3. The second-order valence-corrected chi connectivity index (χ2v) is 6.55. The molecule has 0 spiro atoms. The standard InChI is InChI=1S/C16H15BrN2S/c1-2-11-5-3-4-6-12(11)10-18-16-19-14-9-13(17)7-8-15(14)20-16/h3-9H,2,10H2,1H3,(H,18,19). The Bertz CT molecular complexity index is 736. The van der Waals surface area contributed by atoms with Crippen molar-refractivity contribution in [1.82, 2.24) is 4.98 Å². The minimum atomic E-state index is 0.824. The van der Waals surface area contributed by atoms with Gasteiger partial charge in [-0.3, -0.25) is 0 Å². The van der Waals surface area contributed by atoms with Crippen LogP contribution in [0.4, 0.5) is 5.13 Å². The van der Waals surface area contributed by atoms with Crippen molar-refractivity contribution in [3.63, 3.8) is 0 Å². The van der Waals surface area contributed by atoms with E-state index in [4.69, 9.17) is 0 Å². The van der Waals surface area contributed by atoms with Crippen molar-refractivity contribution >= 4 is 42.6 Å². The van der Waals surface area contributed by atoms with E-state index < -0.39 is 0 Å². The topological polar surface area (TPSA) is 24.9 Å². The highest BCUT2D eigenvalue weighted by atomic mass is 79.9. The Morgan fingerprint density at radius 2 is 1.95 bits per heavy atom. The molecule has 0 saturated carbocycles. The molecule has 102 valence electrons. The predicted octanol–water partition coefficient (Wildman–Crippen LogP) is 5.23. The van der Waals surface area contributed by atoms with Gasteiger partial charge in [0.2, 0.25) is 0 Å². The number of aryl methyl sites for hydroxylation is 1. The fraction of sp³-hybridized carbons (Fsp3) is 0.188. The lowest BCUT2D eigenvalue weighted by atomic mass is 10.1. The summed E-state index contributed by atoms with van der Waals surface area (Å²) in [7, 11) is 0. The molecule has 0 amide bonds. The second kappa shape index (κ2) is 5.94. The monoisotopic (exact) mass is 346 g/mol. The fourth-order valence-corrected chi connectivity index (χ4v) is 3.41. The average Bonchev–Trinajstić information content (AvgIpc) is 2.87. The van der Waals surface area contributed by atoms with E-state index in [9.17, 15) is 0 Å². The summed E-state index contributed by atoms with van der Waals surface area (Å²) in [5, 5.41) is 4.41. The third-order valence-corrected chi connectivity index (χ3v) is 4.77. The van der Waals surface area contributed by atoms with E-state index in [1.54, 1.807) is 11.3 Å². The van der Waals surface area contributed by atoms with Crippen LogP contribution in [-0.4, -0.2) is 4.98 Å². The number of hydrogen-bond donors (Lipinski definition) is 1. The van der Waals surface area contributed by atoms with Crippen molar-refractivity contribution in [3.05, 3.63) is 58.1 Å². The van der Waals surface area contributed by atoms with Gasteiger partial charge in [0.1, 0.15) is 0 Å². The molecular formula is C16H15BrN2S. The van der Waals surface area contributed by atoms with Crippen LogP contribution in [0.25, 0.3) is 10.2 Å². The highest BCUT2D eigenvalue weighted by molar-refractivity contribution is 9.10. The van der Waals surface area contributed by atoms with Gasteiger partial charge < -0.3 is 5.32 Å². The Morgan fingerprint density at radius 1 is 1.15 bits per heavy atom. The molecule has 0 bridgehead atoms. The number of thiazole rings is 1. The maximum Gasteiger partial charge on any atom is 0.184 e. The molecule has 20 heavy (non-hydrogen) atoms. The van der Waals surface area contributed by atoms with Crippen LogP contribution in [-0.2, 0) is 13.0 Å². The van der Waals surface area contributed by atoms with Crippen LogP contribution in [0, 0.1) is 0 Å². The predicted molar refractivity (Wildman–Crippen MR) is 90.5 cm³/mol. The van der Waals surface area contributed by atoms with Gasteiger partial charge in [0.15, 0.2) is 5.13 Å². The molecule has 2 aromatic carbocycles. The fourth-order valence-electron chi connectivity index (χ4n) is 2.22. The first kappa shape index (κ1) is 13.6. The Labute approximate surface area is 131 Å². The van der Waals surface area contributed by atoms with Crippen LogP contribution in [0.1, 0.15) is 18.1 Å². The Hall–Kier alpha value is -1.39. The zero-order chi connectivity index (χ0) is 13.9. The van der Waals surface area contributed by atoms with Gasteiger partial charge in [0.05, 0.1) is 10.2 Å². The Kier molecular flexibility index (Phi) is 4.03. The van der Waals surface area contributed by atoms with Gasteiger partial charge in [-0.2, -0.15) is 0 Å². The smallest absolute Gasteiger partial charge is 0.184 e. The highest BCUT2D eigenvalue weighted by Crippen LogP contribution is 2.28. The largest absolute Gasteiger partial charge is 0.357 e. The molecule has 4 heteroatoms. The van der Waals surface area contributed by atoms with Crippen molar-refractivity contribution < 1.29 is 0 Å². The van der Waals surface area contributed by atoms with Gasteiger partial charge in [0.25, 0.3) is 0 Å². The van der Waals surface area contributed by atoms with Gasteiger partial charge >= 0.3 is 0 Å². The van der Waals surface area contributed by atoms with Gasteiger partial charge in [-0.05, 0) is 35.7 Å². The lowest BCUT2D eigenvalue weighted by molar-refractivity contribution is 1.04. The lowest BCUT2D eigenvalue weighted by Crippen LogP contribution is -2.01. The highest BCUT2D eigenvalue weighted by Gasteiger charge is 2.05. The van der Waals surface area contributed by atoms with Crippen molar-refractivity contribution in [3.8, 4) is 0 Å². The van der Waals surface area contributed by atoms with Gasteiger partial charge in [0, 0.05) is 11.0 Å². The molecule has 3 rings (SSSR count). The van der Waals surface area contributed by atoms with Gasteiger partial charge in [-0.1, -0.05) is 58.5 Å². The third kappa shape index (κ3) is 2.86. The summed E-state index contributed by atoms with van der Waals surface area (Å²) in [4.78, 5) is 4.62. The molecule has 1 heterocycles. The minimum Gasteiger partial charge on any atom is -0.357 e. The molecule has 1 aromatic heterocycles. The van der Waals surface area contributed by atoms with E-state index in [0.29, 0.717) is 0 Å². The summed E-state index contributed by atoms with van der Waals surface area (Å²) < 4.78 is 2.28. The van der Waals surface area contributed by atoms with Crippen LogP contribution >= 0.6 is 27.3 Å². The van der Waals surface area contributed by atoms with Crippen LogP contribution < -0.4 is 5.32 Å². The number of fused-ring (bicyclic) bond motifs is 1. The van der Waals surface area contributed by atoms with Crippen LogP contribution in [0.3, 0.4) is 0 Å². The van der Waals surface area contributed by atoms with Crippen molar-refractivity contribution in [2.24, 2.45) is 0 Å². The van der Waals surface area contributed by atoms with Gasteiger partial charge in [-0.25, -0.2) is 4.98 Å². The molecule has 3 aromatic rings. The molecule has 0 aliphatic heterocycles. The molecule has 2 nitrogen and oxygen atoms in total. The van der Waals surface area contributed by atoms with Crippen molar-refractivity contribution in [2.75, 3.05) is 5.32 Å². The van der Waals surface area contributed by atoms with E-state index >= 15 is 0 Å². The normalized spacial score (nSPS) is 10.9. The Balaban J connectivity index is 1.79. The molecule has 0 fully saturated rings. The number of halogens is 1. The number of benzene rings is 2. The molecular weight excluding hydrogens is 332 g/mol. The molecule has 1 N–H and O–H groups in total. The molecule has 0 saturated heterocycles. The van der Waals surface area contributed by atoms with E-state index in [2.05, 4.69) is 75.6 Å². The summed E-state index contributed by atoms with van der Waals surface area (Å²) in [5.41, 5.74) is 3.77. The number of aromatic nitrogens is 1. The summed E-state index contributed by atoms with van der Waals surface area (Å²) in [6.07, 6.45) is 1.06. The summed E-state index contributed by atoms with van der Waals surface area (Å²) in [6.45, 7) is 3.01. The van der Waals surface area contributed by atoms with Gasteiger partial charge in [-0.15, -0.1) is 0 Å². The molecule has 0 unspecified atom stereocenters. The SMILES string of the molecule is CCc1ccccc1CNc1nc2cc(Br)ccc2s1. The van der Waals surface area contributed by atoms with E-state index in [1.807, 2.05) is 0 Å². The van der Waals surface area contributed by atoms with E-state index in [-0.39, 0.29) is 0 Å². The van der Waals surface area contributed by atoms with E-state index in [0.717, 1.165) is 28.1 Å². The number of anilines is 1. The summed E-state index contributed by atoms with van der Waals surface area (Å²) in [5.74, 6) is 0. The molecule has 0 aliphatic carbocycles. The summed E-state index contributed by atoms with van der Waals surface area (Å²) >= 11 is 5.18. The zero-order valence-corrected chi connectivity index (χ0v) is 13.6. The summed E-state index contributed by atoms with van der Waals surface area (Å²) in [6, 6.07) is 14.8. The first-order valence-electron chi connectivity index (χ1n) is 6.63. The molecule has 0 aliphatic rings. The maximum absolute atomic E-state index is 4.62. The Morgan fingerprint density at radius 3 is 2.75 bits per heavy atom. The molecule has 0 atom stereocenters. The van der Waals surface area contributed by atoms with Crippen LogP contribution in [0.15, 0.2) is 46.9 Å². The maximum atomic E-state index is 4.62. The van der Waals surface area contributed by atoms with Crippen LogP contribution in [0.2, 0.25) is 0 Å². The zero-order valence-electron chi connectivity index (χ0n) is 11.2. The number of rotatable bonds is 4. The van der Waals surface area contributed by atoms with Crippen molar-refractivity contribution in [2.45, 2.75) is 19.9 Å².